The summed E-state index contributed by atoms with van der Waals surface area (Å²) in [4.78, 5) is 15.2. The van der Waals surface area contributed by atoms with E-state index in [0.717, 1.165) is 25.7 Å². The molecule has 1 aliphatic heterocycles. The predicted molar refractivity (Wildman–Crippen MR) is 132 cm³/mol. The van der Waals surface area contributed by atoms with Crippen LogP contribution in [0.3, 0.4) is 0 Å². The van der Waals surface area contributed by atoms with Crippen molar-refractivity contribution in [3.8, 4) is 0 Å². The predicted octanol–water partition coefficient (Wildman–Crippen LogP) is 5.53. The maximum Gasteiger partial charge on any atom is 0.320 e. The Morgan fingerprint density at radius 1 is 1.21 bits per heavy atom. The van der Waals surface area contributed by atoms with E-state index in [9.17, 15) is 9.90 Å². The fourth-order valence-electron chi connectivity index (χ4n) is 5.21. The highest BCUT2D eigenvalue weighted by molar-refractivity contribution is 7.10. The zero-order chi connectivity index (χ0) is 23.0. The molecule has 6 heteroatoms. The topological polar surface area (TPSA) is 59.0 Å². The monoisotopic (exact) mass is 469 g/mol. The van der Waals surface area contributed by atoms with Crippen LogP contribution in [0.1, 0.15) is 55.6 Å². The van der Waals surface area contributed by atoms with Crippen molar-refractivity contribution in [3.63, 3.8) is 0 Å². The fourth-order valence-corrected chi connectivity index (χ4v) is 6.00. The van der Waals surface area contributed by atoms with Crippen LogP contribution < -0.4 is 0 Å². The van der Waals surface area contributed by atoms with Gasteiger partial charge in [0.05, 0.1) is 19.3 Å². The molecule has 2 heterocycles. The van der Waals surface area contributed by atoms with E-state index in [2.05, 4.69) is 59.7 Å². The average Bonchev–Trinajstić information content (AvgIpc) is 3.54. The Labute approximate surface area is 201 Å². The molecule has 1 saturated carbocycles. The molecule has 2 aliphatic rings. The molecule has 0 bridgehead atoms. The molecule has 4 unspecified atom stereocenters. The zero-order valence-electron chi connectivity index (χ0n) is 19.4. The molecule has 1 N–H and O–H groups in total. The zero-order valence-corrected chi connectivity index (χ0v) is 20.2. The number of benzene rings is 1. The van der Waals surface area contributed by atoms with Crippen molar-refractivity contribution in [2.75, 3.05) is 26.3 Å². The Morgan fingerprint density at radius 2 is 2.00 bits per heavy atom. The third-order valence-corrected chi connectivity index (χ3v) is 7.91. The number of hydrogen-bond acceptors (Lipinski definition) is 5. The van der Waals surface area contributed by atoms with Gasteiger partial charge in [-0.1, -0.05) is 48.0 Å². The minimum Gasteiger partial charge on any atom is -0.480 e. The molecule has 2 fully saturated rings. The van der Waals surface area contributed by atoms with E-state index in [0.29, 0.717) is 38.6 Å². The molecular weight excluding hydrogens is 434 g/mol. The van der Waals surface area contributed by atoms with Crippen molar-refractivity contribution in [2.24, 2.45) is 5.92 Å². The minimum absolute atomic E-state index is 0.0262. The molecule has 33 heavy (non-hydrogen) atoms. The third-order valence-electron chi connectivity index (χ3n) is 6.99. The number of aliphatic carboxylic acids is 1. The number of ether oxygens (including phenoxy) is 2. The molecule has 1 saturated heterocycles. The first-order chi connectivity index (χ1) is 16.2. The first-order valence-electron chi connectivity index (χ1n) is 12.1. The minimum atomic E-state index is -0.721. The normalized spacial score (nSPS) is 24.0. The van der Waals surface area contributed by atoms with Gasteiger partial charge < -0.3 is 14.6 Å². The van der Waals surface area contributed by atoms with Crippen molar-refractivity contribution in [1.29, 1.82) is 0 Å². The summed E-state index contributed by atoms with van der Waals surface area (Å²) < 4.78 is 12.1. The summed E-state index contributed by atoms with van der Waals surface area (Å²) in [5, 5.41) is 11.9. The van der Waals surface area contributed by atoms with Crippen LogP contribution in [-0.2, 0) is 14.3 Å². The van der Waals surface area contributed by atoms with Gasteiger partial charge in [-0.25, -0.2) is 0 Å². The van der Waals surface area contributed by atoms with E-state index >= 15 is 0 Å². The summed E-state index contributed by atoms with van der Waals surface area (Å²) in [5.74, 6) is -0.250. The van der Waals surface area contributed by atoms with Crippen LogP contribution >= 0.6 is 11.3 Å². The summed E-state index contributed by atoms with van der Waals surface area (Å²) in [7, 11) is 0. The molecule has 4 rings (SSSR count). The highest BCUT2D eigenvalue weighted by atomic mass is 32.1. The quantitative estimate of drug-likeness (QED) is 0.463. The molecule has 1 aromatic carbocycles. The standard InChI is InChI=1S/C27H35NO4S/c1-2-20(11-13-24(27(29)30)28-14-16-31-17-15-28)22-10-12-23(19-22)32-26(25-9-6-18-33-25)21-7-4-3-5-8-21/h2-9,18,22-24,26H,10-17,19H2,1H3,(H,29,30). The van der Waals surface area contributed by atoms with Crippen LogP contribution in [0.5, 0.6) is 0 Å². The lowest BCUT2D eigenvalue weighted by molar-refractivity contribution is -0.145. The van der Waals surface area contributed by atoms with Gasteiger partial charge in [0.1, 0.15) is 12.1 Å². The first kappa shape index (κ1) is 24.1. The summed E-state index contributed by atoms with van der Waals surface area (Å²) in [6.45, 7) is 4.73. The highest BCUT2D eigenvalue weighted by Crippen LogP contribution is 2.40. The highest BCUT2D eigenvalue weighted by Gasteiger charge is 2.32. The van der Waals surface area contributed by atoms with Crippen molar-refractivity contribution in [2.45, 2.75) is 57.3 Å². The lowest BCUT2D eigenvalue weighted by Gasteiger charge is -2.32. The SMILES string of the molecule is CC=C(CCC(C(=O)O)N1CCOCC1)C1CCC(OC(c2ccccc2)c2cccs2)C1. The van der Waals surface area contributed by atoms with Crippen molar-refractivity contribution >= 4 is 17.3 Å². The summed E-state index contributed by atoms with van der Waals surface area (Å²) in [5.41, 5.74) is 2.58. The molecule has 178 valence electrons. The Bertz CT molecular complexity index is 892. The lowest BCUT2D eigenvalue weighted by Crippen LogP contribution is -2.47. The number of rotatable bonds is 10. The lowest BCUT2D eigenvalue weighted by atomic mass is 9.91. The van der Waals surface area contributed by atoms with Gasteiger partial charge in [0.2, 0.25) is 0 Å². The number of carboxylic acid groups (broad SMARTS) is 1. The van der Waals surface area contributed by atoms with Crippen LogP contribution in [0, 0.1) is 5.92 Å². The van der Waals surface area contributed by atoms with Gasteiger partial charge in [0.15, 0.2) is 0 Å². The summed E-state index contributed by atoms with van der Waals surface area (Å²) >= 11 is 1.74. The number of morpholine rings is 1. The van der Waals surface area contributed by atoms with E-state index in [1.165, 1.54) is 16.0 Å². The third kappa shape index (κ3) is 6.33. The molecule has 1 aromatic heterocycles. The van der Waals surface area contributed by atoms with Crippen LogP contribution in [0.2, 0.25) is 0 Å². The van der Waals surface area contributed by atoms with E-state index in [1.807, 2.05) is 6.07 Å². The molecule has 2 aromatic rings. The van der Waals surface area contributed by atoms with Crippen LogP contribution in [0.25, 0.3) is 0 Å². The Hall–Kier alpha value is -1.99. The number of thiophene rings is 1. The molecule has 4 atom stereocenters. The van der Waals surface area contributed by atoms with Gasteiger partial charge in [-0.3, -0.25) is 9.69 Å². The van der Waals surface area contributed by atoms with Gasteiger partial charge >= 0.3 is 5.97 Å². The second-order valence-corrected chi connectivity index (χ2v) is 9.96. The summed E-state index contributed by atoms with van der Waals surface area (Å²) in [6, 6.07) is 14.3. The number of hydrogen-bond donors (Lipinski definition) is 1. The smallest absolute Gasteiger partial charge is 0.320 e. The maximum atomic E-state index is 11.9. The van der Waals surface area contributed by atoms with Gasteiger partial charge in [-0.05, 0) is 62.0 Å². The second-order valence-electron chi connectivity index (χ2n) is 8.98. The molecule has 5 nitrogen and oxygen atoms in total. The van der Waals surface area contributed by atoms with Crippen molar-refractivity contribution in [1.82, 2.24) is 4.90 Å². The van der Waals surface area contributed by atoms with E-state index in [1.54, 1.807) is 11.3 Å². The maximum absolute atomic E-state index is 11.9. The van der Waals surface area contributed by atoms with Gasteiger partial charge in [-0.15, -0.1) is 11.3 Å². The van der Waals surface area contributed by atoms with Crippen LogP contribution in [-0.4, -0.2) is 54.4 Å². The average molecular weight is 470 g/mol. The molecule has 0 amide bonds. The van der Waals surface area contributed by atoms with Gasteiger partial charge in [-0.2, -0.15) is 0 Å². The van der Waals surface area contributed by atoms with Crippen molar-refractivity contribution in [3.05, 3.63) is 69.9 Å². The largest absolute Gasteiger partial charge is 0.480 e. The van der Waals surface area contributed by atoms with Gasteiger partial charge in [0.25, 0.3) is 0 Å². The Kier molecular flexibility index (Phi) is 8.73. The second kappa shape index (κ2) is 11.9. The van der Waals surface area contributed by atoms with Crippen molar-refractivity contribution < 1.29 is 19.4 Å². The molecular formula is C27H35NO4S. The molecule has 1 aliphatic carbocycles. The van der Waals surface area contributed by atoms with E-state index in [-0.39, 0.29) is 12.2 Å². The van der Waals surface area contributed by atoms with E-state index < -0.39 is 12.0 Å². The first-order valence-corrected chi connectivity index (χ1v) is 13.0. The van der Waals surface area contributed by atoms with Crippen LogP contribution in [0.4, 0.5) is 0 Å². The summed E-state index contributed by atoms with van der Waals surface area (Å²) in [6.07, 6.45) is 7.03. The Balaban J connectivity index is 1.36. The Morgan fingerprint density at radius 3 is 2.67 bits per heavy atom. The van der Waals surface area contributed by atoms with Gasteiger partial charge in [0, 0.05) is 18.0 Å². The number of allylic oxidation sites excluding steroid dienone is 2. The number of carbonyl (C=O) groups is 1. The number of nitrogens with zero attached hydrogens (tertiary/aromatic N) is 1. The molecule has 0 radical (unpaired) electrons. The molecule has 0 spiro atoms. The fraction of sp³-hybridized carbons (Fsp3) is 0.519. The van der Waals surface area contributed by atoms with E-state index in [4.69, 9.17) is 9.47 Å². The van der Waals surface area contributed by atoms with Crippen LogP contribution in [0.15, 0.2) is 59.5 Å². The number of carboxylic acids is 1.